The molecular formula is C13H12Cl2N2O5S. The molecule has 0 radical (unpaired) electrons. The normalized spacial score (nSPS) is 22.7. The molecule has 10 heteroatoms. The second kappa shape index (κ2) is 5.94. The lowest BCUT2D eigenvalue weighted by atomic mass is 10.2. The first-order valence-corrected chi connectivity index (χ1v) is 8.95. The first-order valence-electron chi connectivity index (χ1n) is 6.75. The number of hydrogen-bond donors (Lipinski definition) is 0. The summed E-state index contributed by atoms with van der Waals surface area (Å²) in [5.74, 6) is -0.463. The van der Waals surface area contributed by atoms with Crippen LogP contribution in [-0.2, 0) is 19.6 Å². The van der Waals surface area contributed by atoms with Crippen LogP contribution in [0, 0.1) is 0 Å². The third kappa shape index (κ3) is 2.80. The number of cyclic esters (lactones) is 1. The van der Waals surface area contributed by atoms with Crippen molar-refractivity contribution in [2.45, 2.75) is 17.4 Å². The van der Waals surface area contributed by atoms with Crippen molar-refractivity contribution in [2.75, 3.05) is 19.7 Å². The molecule has 23 heavy (non-hydrogen) atoms. The van der Waals surface area contributed by atoms with Gasteiger partial charge in [-0.15, -0.1) is 0 Å². The lowest BCUT2D eigenvalue weighted by Crippen LogP contribution is -2.42. The quantitative estimate of drug-likeness (QED) is 0.799. The fraction of sp³-hybridized carbons (Fsp3) is 0.385. The smallest absolute Gasteiger partial charge is 0.417 e. The largest absolute Gasteiger partial charge is 0.439 e. The summed E-state index contributed by atoms with van der Waals surface area (Å²) in [6.07, 6.45) is -0.405. The molecule has 0 aromatic heterocycles. The minimum atomic E-state index is -3.92. The average molecular weight is 379 g/mol. The summed E-state index contributed by atoms with van der Waals surface area (Å²) in [5.41, 5.74) is 0. The van der Waals surface area contributed by atoms with Gasteiger partial charge in [0.15, 0.2) is 6.61 Å². The van der Waals surface area contributed by atoms with Gasteiger partial charge in [-0.05, 0) is 18.6 Å². The van der Waals surface area contributed by atoms with Crippen molar-refractivity contribution in [3.05, 3.63) is 28.2 Å². The number of rotatable bonds is 3. The van der Waals surface area contributed by atoms with Crippen LogP contribution in [0.3, 0.4) is 0 Å². The van der Waals surface area contributed by atoms with Crippen molar-refractivity contribution in [3.8, 4) is 0 Å². The number of nitrogens with zero attached hydrogens (tertiary/aromatic N) is 2. The standard InChI is InChI=1S/C13H12Cl2N2O5S/c14-9-2-1-3-10(15)12(9)23(20,21)16-5-4-8(6-16)17-11(18)7-22-13(17)19/h1-3,8H,4-7H2. The van der Waals surface area contributed by atoms with Crippen molar-refractivity contribution >= 4 is 45.2 Å². The summed E-state index contributed by atoms with van der Waals surface area (Å²) >= 11 is 11.9. The van der Waals surface area contributed by atoms with Crippen LogP contribution in [0.2, 0.25) is 10.0 Å². The number of halogens is 2. The van der Waals surface area contributed by atoms with Crippen LogP contribution in [0.5, 0.6) is 0 Å². The van der Waals surface area contributed by atoms with E-state index < -0.39 is 28.1 Å². The van der Waals surface area contributed by atoms with Gasteiger partial charge in [0.2, 0.25) is 10.0 Å². The first kappa shape index (κ1) is 16.5. The van der Waals surface area contributed by atoms with E-state index >= 15 is 0 Å². The average Bonchev–Trinajstić information content (AvgIpc) is 3.06. The lowest BCUT2D eigenvalue weighted by Gasteiger charge is -2.21. The van der Waals surface area contributed by atoms with Crippen molar-refractivity contribution in [1.82, 2.24) is 9.21 Å². The van der Waals surface area contributed by atoms with Gasteiger partial charge in [-0.1, -0.05) is 29.3 Å². The molecule has 1 atom stereocenters. The van der Waals surface area contributed by atoms with Crippen LogP contribution >= 0.6 is 23.2 Å². The van der Waals surface area contributed by atoms with Gasteiger partial charge in [-0.3, -0.25) is 4.79 Å². The van der Waals surface area contributed by atoms with Gasteiger partial charge in [-0.25, -0.2) is 18.1 Å². The zero-order valence-corrected chi connectivity index (χ0v) is 14.1. The van der Waals surface area contributed by atoms with Crippen molar-refractivity contribution in [3.63, 3.8) is 0 Å². The Morgan fingerprint density at radius 2 is 1.83 bits per heavy atom. The highest BCUT2D eigenvalue weighted by atomic mass is 35.5. The van der Waals surface area contributed by atoms with Gasteiger partial charge in [0.25, 0.3) is 5.91 Å². The van der Waals surface area contributed by atoms with Gasteiger partial charge < -0.3 is 4.74 Å². The van der Waals surface area contributed by atoms with Crippen molar-refractivity contribution in [1.29, 1.82) is 0 Å². The van der Waals surface area contributed by atoms with Crippen LogP contribution in [0.25, 0.3) is 0 Å². The van der Waals surface area contributed by atoms with E-state index in [9.17, 15) is 18.0 Å². The fourth-order valence-electron chi connectivity index (χ4n) is 2.71. The third-order valence-corrected chi connectivity index (χ3v) is 6.61. The van der Waals surface area contributed by atoms with E-state index in [0.29, 0.717) is 6.42 Å². The Morgan fingerprint density at radius 3 is 2.39 bits per heavy atom. The maximum Gasteiger partial charge on any atom is 0.417 e. The van der Waals surface area contributed by atoms with Crippen molar-refractivity contribution < 1.29 is 22.7 Å². The zero-order chi connectivity index (χ0) is 16.8. The molecule has 124 valence electrons. The SMILES string of the molecule is O=C1COC(=O)N1C1CCN(S(=O)(=O)c2c(Cl)cccc2Cl)C1. The van der Waals surface area contributed by atoms with E-state index in [1.807, 2.05) is 0 Å². The number of imide groups is 1. The van der Waals surface area contributed by atoms with Crippen LogP contribution in [-0.4, -0.2) is 55.4 Å². The van der Waals surface area contributed by atoms with Gasteiger partial charge >= 0.3 is 6.09 Å². The summed E-state index contributed by atoms with van der Waals surface area (Å²) in [6, 6.07) is 3.88. The second-order valence-corrected chi connectivity index (χ2v) is 7.86. The highest BCUT2D eigenvalue weighted by Gasteiger charge is 2.43. The molecule has 2 amide bonds. The van der Waals surface area contributed by atoms with Crippen molar-refractivity contribution in [2.24, 2.45) is 0 Å². The predicted molar refractivity (Wildman–Crippen MR) is 81.8 cm³/mol. The number of ether oxygens (including phenoxy) is 1. The number of benzene rings is 1. The van der Waals surface area contributed by atoms with Crippen LogP contribution in [0.4, 0.5) is 4.79 Å². The van der Waals surface area contributed by atoms with E-state index in [-0.39, 0.29) is 34.6 Å². The molecule has 1 unspecified atom stereocenters. The molecule has 0 N–H and O–H groups in total. The summed E-state index contributed by atoms with van der Waals surface area (Å²) in [4.78, 5) is 24.1. The molecule has 2 aliphatic heterocycles. The third-order valence-electron chi connectivity index (χ3n) is 3.79. The number of carbonyl (C=O) groups is 2. The molecule has 7 nitrogen and oxygen atoms in total. The van der Waals surface area contributed by atoms with E-state index in [1.54, 1.807) is 6.07 Å². The fourth-order valence-corrected chi connectivity index (χ4v) is 5.30. The van der Waals surface area contributed by atoms with E-state index in [0.717, 1.165) is 4.90 Å². The Bertz CT molecular complexity index is 746. The summed E-state index contributed by atoms with van der Waals surface area (Å²) in [6.45, 7) is -0.158. The summed E-state index contributed by atoms with van der Waals surface area (Å²) < 4.78 is 31.3. The molecule has 0 aliphatic carbocycles. The van der Waals surface area contributed by atoms with Gasteiger partial charge in [-0.2, -0.15) is 4.31 Å². The molecule has 2 saturated heterocycles. The molecule has 1 aromatic carbocycles. The van der Waals surface area contributed by atoms with Gasteiger partial charge in [0.1, 0.15) is 4.90 Å². The molecule has 0 spiro atoms. The molecule has 2 fully saturated rings. The Balaban J connectivity index is 1.86. The predicted octanol–water partition coefficient (Wildman–Crippen LogP) is 1.74. The Morgan fingerprint density at radius 1 is 1.17 bits per heavy atom. The van der Waals surface area contributed by atoms with Crippen LogP contribution in [0.15, 0.2) is 23.1 Å². The Hall–Kier alpha value is -1.35. The number of amides is 2. The number of hydrogen-bond acceptors (Lipinski definition) is 5. The maximum atomic E-state index is 12.7. The Labute approximate surface area is 142 Å². The van der Waals surface area contributed by atoms with E-state index in [4.69, 9.17) is 23.2 Å². The molecule has 0 saturated carbocycles. The second-order valence-electron chi connectivity index (χ2n) is 5.17. The van der Waals surface area contributed by atoms with Gasteiger partial charge in [0.05, 0.1) is 16.1 Å². The molecule has 2 aliphatic rings. The maximum absolute atomic E-state index is 12.7. The van der Waals surface area contributed by atoms with Gasteiger partial charge in [0, 0.05) is 13.1 Å². The van der Waals surface area contributed by atoms with E-state index in [1.165, 1.54) is 16.4 Å². The number of carbonyl (C=O) groups excluding carboxylic acids is 2. The molecular weight excluding hydrogens is 367 g/mol. The van der Waals surface area contributed by atoms with Crippen LogP contribution in [0.1, 0.15) is 6.42 Å². The molecule has 3 rings (SSSR count). The minimum absolute atomic E-state index is 0.00920. The highest BCUT2D eigenvalue weighted by Crippen LogP contribution is 2.33. The first-order chi connectivity index (χ1) is 10.8. The topological polar surface area (TPSA) is 84.0 Å². The molecule has 0 bridgehead atoms. The minimum Gasteiger partial charge on any atom is -0.439 e. The zero-order valence-electron chi connectivity index (χ0n) is 11.7. The molecule has 2 heterocycles. The van der Waals surface area contributed by atoms with Crippen LogP contribution < -0.4 is 0 Å². The van der Waals surface area contributed by atoms with E-state index in [2.05, 4.69) is 4.74 Å². The summed E-state index contributed by atoms with van der Waals surface area (Å²) in [5, 5.41) is 0.0511. The lowest BCUT2D eigenvalue weighted by molar-refractivity contribution is -0.127. The highest BCUT2D eigenvalue weighted by molar-refractivity contribution is 7.89. The number of sulfonamides is 1. The monoisotopic (exact) mass is 378 g/mol. The Kier molecular flexibility index (Phi) is 4.26. The molecule has 1 aromatic rings. The summed E-state index contributed by atoms with van der Waals surface area (Å²) in [7, 11) is -3.92.